The molecule has 0 spiro atoms. The van der Waals surface area contributed by atoms with Gasteiger partial charge in [0.25, 0.3) is 0 Å². The van der Waals surface area contributed by atoms with Crippen LogP contribution in [-0.4, -0.2) is 32.7 Å². The normalized spacial score (nSPS) is 10.9. The molecule has 0 aliphatic rings. The minimum atomic E-state index is -0.463. The van der Waals surface area contributed by atoms with E-state index in [1.54, 1.807) is 16.1 Å². The van der Waals surface area contributed by atoms with Crippen LogP contribution in [0.4, 0.5) is 0 Å². The number of aryl methyl sites for hydroxylation is 1. The maximum absolute atomic E-state index is 11.7. The molecule has 3 heterocycles. The molecule has 3 aromatic heterocycles. The number of fused-ring (bicyclic) bond motifs is 1. The number of carbonyl (C=O) groups excluding carboxylic acids is 1. The van der Waals surface area contributed by atoms with Gasteiger partial charge in [-0.3, -0.25) is 4.40 Å². The Morgan fingerprint density at radius 1 is 1.45 bits per heavy atom. The highest BCUT2D eigenvalue weighted by Gasteiger charge is 2.17. The van der Waals surface area contributed by atoms with Crippen LogP contribution in [0.1, 0.15) is 16.1 Å². The molecule has 3 rings (SSSR count). The van der Waals surface area contributed by atoms with Gasteiger partial charge >= 0.3 is 5.97 Å². The number of halogens is 1. The van der Waals surface area contributed by atoms with Gasteiger partial charge < -0.3 is 4.74 Å². The lowest BCUT2D eigenvalue weighted by Crippen LogP contribution is -2.03. The lowest BCUT2D eigenvalue weighted by molar-refractivity contribution is 0.0600. The van der Waals surface area contributed by atoms with Crippen molar-refractivity contribution >= 4 is 34.6 Å². The molecule has 0 aliphatic carbocycles. The van der Waals surface area contributed by atoms with Crippen molar-refractivity contribution in [2.45, 2.75) is 6.92 Å². The van der Waals surface area contributed by atoms with Gasteiger partial charge in [0.15, 0.2) is 11.5 Å². The Hall–Kier alpha value is -1.99. The Bertz CT molecular complexity index is 811. The van der Waals surface area contributed by atoms with E-state index in [2.05, 4.69) is 15.2 Å². The Kier molecular flexibility index (Phi) is 3.15. The third kappa shape index (κ3) is 1.95. The van der Waals surface area contributed by atoms with Crippen LogP contribution in [0.25, 0.3) is 16.3 Å². The average Bonchev–Trinajstić information content (AvgIpc) is 3.03. The molecule has 0 bridgehead atoms. The van der Waals surface area contributed by atoms with Crippen molar-refractivity contribution < 1.29 is 9.53 Å². The van der Waals surface area contributed by atoms with Crippen LogP contribution >= 0.6 is 22.9 Å². The number of nitrogens with zero attached hydrogens (tertiary/aromatic N) is 4. The van der Waals surface area contributed by atoms with E-state index < -0.39 is 5.97 Å². The number of thiazole rings is 1. The molecule has 0 unspecified atom stereocenters. The predicted molar refractivity (Wildman–Crippen MR) is 75.2 cm³/mol. The van der Waals surface area contributed by atoms with Crippen LogP contribution in [0.15, 0.2) is 17.8 Å². The second-order valence-corrected chi connectivity index (χ2v) is 5.31. The van der Waals surface area contributed by atoms with Gasteiger partial charge in [0.1, 0.15) is 0 Å². The van der Waals surface area contributed by atoms with Gasteiger partial charge in [-0.05, 0) is 13.0 Å². The van der Waals surface area contributed by atoms with Gasteiger partial charge in [-0.15, -0.1) is 21.5 Å². The lowest BCUT2D eigenvalue weighted by Gasteiger charge is -2.03. The monoisotopic (exact) mass is 308 g/mol. The van der Waals surface area contributed by atoms with E-state index in [0.29, 0.717) is 22.1 Å². The van der Waals surface area contributed by atoms with E-state index in [-0.39, 0.29) is 0 Å². The zero-order valence-electron chi connectivity index (χ0n) is 10.6. The van der Waals surface area contributed by atoms with Crippen molar-refractivity contribution in [2.75, 3.05) is 7.11 Å². The summed E-state index contributed by atoms with van der Waals surface area (Å²) in [4.78, 5) is 16.7. The Morgan fingerprint density at radius 2 is 2.25 bits per heavy atom. The zero-order chi connectivity index (χ0) is 14.3. The fourth-order valence-corrected chi connectivity index (χ4v) is 2.89. The smallest absolute Gasteiger partial charge is 0.339 e. The summed E-state index contributed by atoms with van der Waals surface area (Å²) >= 11 is 7.59. The number of aromatic nitrogens is 4. The second kappa shape index (κ2) is 4.84. The van der Waals surface area contributed by atoms with Crippen LogP contribution in [0.5, 0.6) is 0 Å². The fraction of sp³-hybridized carbons (Fsp3) is 0.167. The molecule has 0 saturated carbocycles. The van der Waals surface area contributed by atoms with Crippen LogP contribution in [-0.2, 0) is 4.74 Å². The molecule has 20 heavy (non-hydrogen) atoms. The number of carbonyl (C=O) groups is 1. The molecule has 0 amide bonds. The molecule has 0 saturated heterocycles. The highest BCUT2D eigenvalue weighted by atomic mass is 35.5. The van der Waals surface area contributed by atoms with Gasteiger partial charge in [0.2, 0.25) is 0 Å². The van der Waals surface area contributed by atoms with Gasteiger partial charge in [-0.25, -0.2) is 9.78 Å². The second-order valence-electron chi connectivity index (χ2n) is 4.05. The molecule has 0 fully saturated rings. The topological polar surface area (TPSA) is 69.4 Å². The lowest BCUT2D eigenvalue weighted by atomic mass is 10.3. The summed E-state index contributed by atoms with van der Waals surface area (Å²) in [5.41, 5.74) is 3.41. The van der Waals surface area contributed by atoms with Crippen molar-refractivity contribution in [3.05, 3.63) is 34.1 Å². The first-order valence-electron chi connectivity index (χ1n) is 5.65. The number of hydrogen-bond acceptors (Lipinski definition) is 6. The fourth-order valence-electron chi connectivity index (χ4n) is 1.85. The molecule has 0 aromatic carbocycles. The van der Waals surface area contributed by atoms with Gasteiger partial charge in [0.05, 0.1) is 33.8 Å². The summed E-state index contributed by atoms with van der Waals surface area (Å²) in [5.74, 6) is 0.141. The summed E-state index contributed by atoms with van der Waals surface area (Å²) in [5, 5.41) is 8.52. The summed E-state index contributed by atoms with van der Waals surface area (Å²) < 4.78 is 6.39. The summed E-state index contributed by atoms with van der Waals surface area (Å²) in [7, 11) is 1.32. The Labute approximate surface area is 123 Å². The molecule has 3 aromatic rings. The van der Waals surface area contributed by atoms with Crippen LogP contribution in [0.2, 0.25) is 5.02 Å². The van der Waals surface area contributed by atoms with Crippen LogP contribution in [0.3, 0.4) is 0 Å². The number of hydrogen-bond donors (Lipinski definition) is 0. The van der Waals surface area contributed by atoms with Crippen molar-refractivity contribution in [2.24, 2.45) is 0 Å². The van der Waals surface area contributed by atoms with E-state index in [0.717, 1.165) is 10.6 Å². The quantitative estimate of drug-likeness (QED) is 0.681. The maximum Gasteiger partial charge on any atom is 0.339 e. The predicted octanol–water partition coefficient (Wildman–Crippen LogP) is 2.60. The highest BCUT2D eigenvalue weighted by Crippen LogP contribution is 2.28. The number of ether oxygens (including phenoxy) is 1. The van der Waals surface area contributed by atoms with E-state index in [1.807, 2.05) is 6.92 Å². The molecule has 0 radical (unpaired) electrons. The molecule has 102 valence electrons. The van der Waals surface area contributed by atoms with Crippen LogP contribution in [0, 0.1) is 6.92 Å². The first-order chi connectivity index (χ1) is 9.61. The minimum Gasteiger partial charge on any atom is -0.465 e. The standard InChI is InChI=1S/C12H9ClN4O2S/c1-6-9(20-5-14-6)11-16-15-10-8(13)3-7(4-17(10)11)12(18)19-2/h3-5H,1-2H3. The SMILES string of the molecule is COC(=O)c1cc(Cl)c2nnc(-c3scnc3C)n2c1. The minimum absolute atomic E-state index is 0.341. The van der Waals surface area contributed by atoms with Crippen LogP contribution < -0.4 is 0 Å². The molecule has 0 aliphatic heterocycles. The molecule has 8 heteroatoms. The number of esters is 1. The zero-order valence-corrected chi connectivity index (χ0v) is 12.2. The van der Waals surface area contributed by atoms with Crippen molar-refractivity contribution in [3.63, 3.8) is 0 Å². The third-order valence-corrected chi connectivity index (χ3v) is 4.03. The van der Waals surface area contributed by atoms with E-state index in [1.165, 1.54) is 24.5 Å². The van der Waals surface area contributed by atoms with Gasteiger partial charge in [0, 0.05) is 6.20 Å². The first-order valence-corrected chi connectivity index (χ1v) is 6.90. The first kappa shape index (κ1) is 13.0. The number of pyridine rings is 1. The van der Waals surface area contributed by atoms with Crippen molar-refractivity contribution in [3.8, 4) is 10.7 Å². The summed E-state index contributed by atoms with van der Waals surface area (Å²) in [6.07, 6.45) is 1.61. The van der Waals surface area contributed by atoms with Gasteiger partial charge in [-0.2, -0.15) is 0 Å². The Balaban J connectivity index is 2.28. The molecular formula is C12H9ClN4O2S. The Morgan fingerprint density at radius 3 is 2.90 bits per heavy atom. The largest absolute Gasteiger partial charge is 0.465 e. The summed E-state index contributed by atoms with van der Waals surface area (Å²) in [6, 6.07) is 1.51. The van der Waals surface area contributed by atoms with E-state index in [4.69, 9.17) is 16.3 Å². The number of rotatable bonds is 2. The molecule has 0 N–H and O–H groups in total. The van der Waals surface area contributed by atoms with E-state index >= 15 is 0 Å². The van der Waals surface area contributed by atoms with Crippen molar-refractivity contribution in [1.29, 1.82) is 0 Å². The third-order valence-electron chi connectivity index (χ3n) is 2.83. The van der Waals surface area contributed by atoms with Gasteiger partial charge in [-0.1, -0.05) is 11.6 Å². The molecular weight excluding hydrogens is 300 g/mol. The number of methoxy groups -OCH3 is 1. The average molecular weight is 309 g/mol. The highest BCUT2D eigenvalue weighted by molar-refractivity contribution is 7.13. The van der Waals surface area contributed by atoms with E-state index in [9.17, 15) is 4.79 Å². The molecule has 0 atom stereocenters. The molecule has 6 nitrogen and oxygen atoms in total. The summed E-state index contributed by atoms with van der Waals surface area (Å²) in [6.45, 7) is 1.89. The van der Waals surface area contributed by atoms with Crippen molar-refractivity contribution in [1.82, 2.24) is 19.6 Å². The maximum atomic E-state index is 11.7.